The molecule has 1 saturated heterocycles. The SMILES string of the molecule is CN1CCN(c2cc(NC(=O)CSc3nc4ccccc4o3)ncn2)CC1. The third-order valence-electron chi connectivity index (χ3n) is 4.35. The molecule has 1 N–H and O–H groups in total. The van der Waals surface area contributed by atoms with E-state index in [9.17, 15) is 4.79 Å². The highest BCUT2D eigenvalue weighted by Crippen LogP contribution is 2.23. The lowest BCUT2D eigenvalue weighted by molar-refractivity contribution is -0.113. The number of carbonyl (C=O) groups is 1. The molecule has 8 nitrogen and oxygen atoms in total. The maximum atomic E-state index is 12.2. The number of nitrogens with zero attached hydrogens (tertiary/aromatic N) is 5. The summed E-state index contributed by atoms with van der Waals surface area (Å²) < 4.78 is 5.61. The lowest BCUT2D eigenvalue weighted by atomic mass is 10.3. The molecule has 4 rings (SSSR count). The molecule has 0 unspecified atom stereocenters. The van der Waals surface area contributed by atoms with Gasteiger partial charge < -0.3 is 19.5 Å². The second-order valence-corrected chi connectivity index (χ2v) is 7.26. The number of fused-ring (bicyclic) bond motifs is 1. The van der Waals surface area contributed by atoms with Crippen LogP contribution < -0.4 is 10.2 Å². The highest BCUT2D eigenvalue weighted by Gasteiger charge is 2.16. The number of piperazine rings is 1. The number of hydrogen-bond donors (Lipinski definition) is 1. The molecule has 140 valence electrons. The number of hydrogen-bond acceptors (Lipinski definition) is 8. The lowest BCUT2D eigenvalue weighted by Gasteiger charge is -2.33. The van der Waals surface area contributed by atoms with Crippen molar-refractivity contribution in [2.45, 2.75) is 5.22 Å². The summed E-state index contributed by atoms with van der Waals surface area (Å²) in [4.78, 5) is 29.6. The average molecular weight is 384 g/mol. The summed E-state index contributed by atoms with van der Waals surface area (Å²) >= 11 is 1.26. The number of para-hydroxylation sites is 2. The van der Waals surface area contributed by atoms with Crippen LogP contribution in [0.5, 0.6) is 0 Å². The molecule has 0 saturated carbocycles. The summed E-state index contributed by atoms with van der Waals surface area (Å²) in [6.07, 6.45) is 1.48. The van der Waals surface area contributed by atoms with Gasteiger partial charge >= 0.3 is 0 Å². The second-order valence-electron chi connectivity index (χ2n) is 6.34. The fourth-order valence-electron chi connectivity index (χ4n) is 2.84. The number of oxazole rings is 1. The van der Waals surface area contributed by atoms with Crippen LogP contribution in [0.25, 0.3) is 11.1 Å². The smallest absolute Gasteiger partial charge is 0.257 e. The van der Waals surface area contributed by atoms with Crippen LogP contribution in [-0.2, 0) is 4.79 Å². The number of aromatic nitrogens is 3. The minimum atomic E-state index is -0.162. The van der Waals surface area contributed by atoms with Crippen molar-refractivity contribution in [2.24, 2.45) is 0 Å². The number of likely N-dealkylation sites (N-methyl/N-ethyl adjacent to an activating group) is 1. The first-order valence-electron chi connectivity index (χ1n) is 8.71. The van der Waals surface area contributed by atoms with Gasteiger partial charge in [-0.25, -0.2) is 15.0 Å². The normalized spacial score (nSPS) is 15.2. The largest absolute Gasteiger partial charge is 0.431 e. The number of nitrogens with one attached hydrogen (secondary N) is 1. The summed E-state index contributed by atoms with van der Waals surface area (Å²) in [5, 5.41) is 3.30. The van der Waals surface area contributed by atoms with Gasteiger partial charge in [-0.05, 0) is 19.2 Å². The number of anilines is 2. The highest BCUT2D eigenvalue weighted by atomic mass is 32.2. The third-order valence-corrected chi connectivity index (χ3v) is 5.18. The number of benzene rings is 1. The Balaban J connectivity index is 1.34. The highest BCUT2D eigenvalue weighted by molar-refractivity contribution is 7.99. The third kappa shape index (κ3) is 4.37. The Bertz CT molecular complexity index is 905. The van der Waals surface area contributed by atoms with Crippen LogP contribution in [0, 0.1) is 0 Å². The zero-order chi connectivity index (χ0) is 18.6. The van der Waals surface area contributed by atoms with Crippen molar-refractivity contribution in [1.82, 2.24) is 19.9 Å². The van der Waals surface area contributed by atoms with E-state index in [1.54, 1.807) is 0 Å². The van der Waals surface area contributed by atoms with Crippen molar-refractivity contribution in [2.75, 3.05) is 49.2 Å². The molecule has 1 amide bonds. The maximum Gasteiger partial charge on any atom is 0.257 e. The predicted octanol–water partition coefficient (Wildman–Crippen LogP) is 2.10. The molecule has 3 aromatic rings. The zero-order valence-corrected chi connectivity index (χ0v) is 15.8. The van der Waals surface area contributed by atoms with E-state index in [-0.39, 0.29) is 11.7 Å². The number of amides is 1. The molecule has 1 aromatic carbocycles. The first-order chi connectivity index (χ1) is 13.2. The van der Waals surface area contributed by atoms with E-state index in [1.165, 1.54) is 18.1 Å². The molecule has 9 heteroatoms. The van der Waals surface area contributed by atoms with Crippen LogP contribution in [0.15, 0.2) is 46.3 Å². The molecule has 0 bridgehead atoms. The molecule has 0 spiro atoms. The number of rotatable bonds is 5. The minimum Gasteiger partial charge on any atom is -0.431 e. The quantitative estimate of drug-likeness (QED) is 0.669. The molecule has 0 radical (unpaired) electrons. The fraction of sp³-hybridized carbons (Fsp3) is 0.333. The van der Waals surface area contributed by atoms with Gasteiger partial charge in [0, 0.05) is 32.2 Å². The average Bonchev–Trinajstić information content (AvgIpc) is 3.10. The van der Waals surface area contributed by atoms with Crippen LogP contribution in [-0.4, -0.2) is 64.7 Å². The monoisotopic (exact) mass is 384 g/mol. The van der Waals surface area contributed by atoms with Crippen molar-refractivity contribution in [3.05, 3.63) is 36.7 Å². The Morgan fingerprint density at radius 3 is 2.85 bits per heavy atom. The van der Waals surface area contributed by atoms with Gasteiger partial charge in [0.15, 0.2) is 5.58 Å². The molecule has 0 atom stereocenters. The number of carbonyl (C=O) groups excluding carboxylic acids is 1. The molecule has 0 aliphatic carbocycles. The van der Waals surface area contributed by atoms with E-state index in [1.807, 2.05) is 30.3 Å². The molecular formula is C18H20N6O2S. The van der Waals surface area contributed by atoms with Gasteiger partial charge in [-0.2, -0.15) is 0 Å². The summed E-state index contributed by atoms with van der Waals surface area (Å²) in [6, 6.07) is 9.34. The van der Waals surface area contributed by atoms with E-state index < -0.39 is 0 Å². The van der Waals surface area contributed by atoms with Gasteiger partial charge in [-0.1, -0.05) is 23.9 Å². The van der Waals surface area contributed by atoms with Crippen LogP contribution in [0.3, 0.4) is 0 Å². The van der Waals surface area contributed by atoms with E-state index in [0.717, 1.165) is 37.5 Å². The summed E-state index contributed by atoms with van der Waals surface area (Å²) in [6.45, 7) is 3.81. The standard InChI is InChI=1S/C18H20N6O2S/c1-23-6-8-24(9-7-23)16-10-15(19-12-20-16)22-17(25)11-27-18-21-13-4-2-3-5-14(13)26-18/h2-5,10,12H,6-9,11H2,1H3,(H,19,20,22,25). The second kappa shape index (κ2) is 7.93. The maximum absolute atomic E-state index is 12.2. The van der Waals surface area contributed by atoms with Crippen molar-refractivity contribution in [3.8, 4) is 0 Å². The molecule has 1 aliphatic heterocycles. The van der Waals surface area contributed by atoms with Gasteiger partial charge in [-0.3, -0.25) is 4.79 Å². The van der Waals surface area contributed by atoms with Gasteiger partial charge in [0.2, 0.25) is 5.91 Å². The van der Waals surface area contributed by atoms with Crippen molar-refractivity contribution in [1.29, 1.82) is 0 Å². The molecule has 2 aromatic heterocycles. The van der Waals surface area contributed by atoms with Crippen LogP contribution in [0.2, 0.25) is 0 Å². The first kappa shape index (κ1) is 17.7. The van der Waals surface area contributed by atoms with E-state index >= 15 is 0 Å². The zero-order valence-electron chi connectivity index (χ0n) is 15.0. The Morgan fingerprint density at radius 2 is 2.04 bits per heavy atom. The van der Waals surface area contributed by atoms with E-state index in [0.29, 0.717) is 16.6 Å². The van der Waals surface area contributed by atoms with E-state index in [2.05, 4.69) is 37.1 Å². The Morgan fingerprint density at radius 1 is 1.22 bits per heavy atom. The van der Waals surface area contributed by atoms with Crippen molar-refractivity contribution >= 4 is 40.4 Å². The van der Waals surface area contributed by atoms with Gasteiger partial charge in [0.25, 0.3) is 5.22 Å². The topological polar surface area (TPSA) is 87.4 Å². The summed E-state index contributed by atoms with van der Waals surface area (Å²) in [5.74, 6) is 1.37. The molecular weight excluding hydrogens is 364 g/mol. The van der Waals surface area contributed by atoms with Crippen LogP contribution in [0.4, 0.5) is 11.6 Å². The Hall–Kier alpha value is -2.65. The van der Waals surface area contributed by atoms with Gasteiger partial charge in [0.1, 0.15) is 23.5 Å². The van der Waals surface area contributed by atoms with Crippen LogP contribution in [0.1, 0.15) is 0 Å². The summed E-state index contributed by atoms with van der Waals surface area (Å²) in [7, 11) is 2.11. The van der Waals surface area contributed by atoms with Gasteiger partial charge in [-0.15, -0.1) is 0 Å². The first-order valence-corrected chi connectivity index (χ1v) is 9.70. The van der Waals surface area contributed by atoms with Crippen molar-refractivity contribution < 1.29 is 9.21 Å². The Kier molecular flexibility index (Phi) is 5.21. The van der Waals surface area contributed by atoms with Crippen molar-refractivity contribution in [3.63, 3.8) is 0 Å². The Labute approximate surface area is 161 Å². The molecule has 1 fully saturated rings. The van der Waals surface area contributed by atoms with Crippen LogP contribution >= 0.6 is 11.8 Å². The number of thioether (sulfide) groups is 1. The predicted molar refractivity (Wildman–Crippen MR) is 105 cm³/mol. The fourth-order valence-corrected chi connectivity index (χ4v) is 3.48. The summed E-state index contributed by atoms with van der Waals surface area (Å²) in [5.41, 5.74) is 1.50. The molecule has 3 heterocycles. The van der Waals surface area contributed by atoms with E-state index in [4.69, 9.17) is 4.42 Å². The minimum absolute atomic E-state index is 0.162. The molecule has 27 heavy (non-hydrogen) atoms. The lowest BCUT2D eigenvalue weighted by Crippen LogP contribution is -2.44. The van der Waals surface area contributed by atoms with Gasteiger partial charge in [0.05, 0.1) is 5.75 Å². The molecule has 1 aliphatic rings.